The van der Waals surface area contributed by atoms with Gasteiger partial charge >= 0.3 is 11.9 Å². The maximum Gasteiger partial charge on any atom is 0.331 e. The normalized spacial score (nSPS) is 38.3. The number of aliphatic carboxylic acids is 1. The fourth-order valence-corrected chi connectivity index (χ4v) is 3.18. The van der Waals surface area contributed by atoms with Gasteiger partial charge in [0.1, 0.15) is 31.0 Å². The molecule has 140 valence electrons. The maximum atomic E-state index is 11.6. The van der Waals surface area contributed by atoms with Crippen molar-refractivity contribution in [2.45, 2.75) is 70.0 Å². The van der Waals surface area contributed by atoms with E-state index in [0.717, 1.165) is 6.08 Å². The standard InChI is InChI=1S/C16H22O9/c1-15(2)22-11-8(7-20-10(19)6-5-9(17)18)21-14-13(12(11)23-15)24-16(3,4)25-14/h5-6,8,11-14H,7H2,1-4H3,(H,17,18)/b6-5+/t8-,11+,12+,13-,14-/m1/s1. The van der Waals surface area contributed by atoms with Gasteiger partial charge in [0.05, 0.1) is 0 Å². The molecule has 3 aliphatic heterocycles. The van der Waals surface area contributed by atoms with Crippen molar-refractivity contribution in [2.75, 3.05) is 6.61 Å². The van der Waals surface area contributed by atoms with Gasteiger partial charge in [-0.2, -0.15) is 0 Å². The van der Waals surface area contributed by atoms with Crippen molar-refractivity contribution in [1.82, 2.24) is 0 Å². The second-order valence-corrected chi connectivity index (χ2v) is 7.01. The van der Waals surface area contributed by atoms with Crippen LogP contribution >= 0.6 is 0 Å². The highest BCUT2D eigenvalue weighted by Crippen LogP contribution is 2.44. The molecule has 0 unspecified atom stereocenters. The Bertz CT molecular complexity index is 582. The molecule has 0 saturated carbocycles. The summed E-state index contributed by atoms with van der Waals surface area (Å²) < 4.78 is 34.3. The number of carbonyl (C=O) groups excluding carboxylic acids is 1. The van der Waals surface area contributed by atoms with Crippen molar-refractivity contribution in [3.05, 3.63) is 12.2 Å². The Kier molecular flexibility index (Phi) is 4.63. The van der Waals surface area contributed by atoms with E-state index in [-0.39, 0.29) is 6.61 Å². The largest absolute Gasteiger partial charge is 0.478 e. The highest BCUT2D eigenvalue weighted by Gasteiger charge is 2.60. The summed E-state index contributed by atoms with van der Waals surface area (Å²) in [7, 11) is 0. The number of rotatable bonds is 4. The maximum absolute atomic E-state index is 11.6. The van der Waals surface area contributed by atoms with Crippen molar-refractivity contribution in [2.24, 2.45) is 0 Å². The van der Waals surface area contributed by atoms with Gasteiger partial charge in [0.15, 0.2) is 17.9 Å². The van der Waals surface area contributed by atoms with E-state index in [2.05, 4.69) is 0 Å². The SMILES string of the molecule is CC1(C)O[C@H]2[C@@H](O1)[C@@H](COC(=O)/C=C/C(=O)O)O[C@@H]1OC(C)(C)O[C@@H]12. The number of ether oxygens (including phenoxy) is 6. The van der Waals surface area contributed by atoms with Gasteiger partial charge in [-0.1, -0.05) is 0 Å². The quantitative estimate of drug-likeness (QED) is 0.569. The molecule has 0 aromatic heterocycles. The Labute approximate surface area is 144 Å². The molecule has 0 radical (unpaired) electrons. The molecule has 5 atom stereocenters. The monoisotopic (exact) mass is 358 g/mol. The lowest BCUT2D eigenvalue weighted by molar-refractivity contribution is -0.242. The molecule has 9 nitrogen and oxygen atoms in total. The van der Waals surface area contributed by atoms with Crippen LogP contribution in [0.5, 0.6) is 0 Å². The lowest BCUT2D eigenvalue weighted by Gasteiger charge is -2.36. The molecule has 0 amide bonds. The molecule has 0 spiro atoms. The van der Waals surface area contributed by atoms with E-state index < -0.39 is 54.2 Å². The van der Waals surface area contributed by atoms with Gasteiger partial charge in [-0.25, -0.2) is 9.59 Å². The first kappa shape index (κ1) is 18.3. The van der Waals surface area contributed by atoms with Crippen LogP contribution in [0, 0.1) is 0 Å². The van der Waals surface area contributed by atoms with Gasteiger partial charge in [-0.05, 0) is 27.7 Å². The zero-order valence-electron chi connectivity index (χ0n) is 14.5. The van der Waals surface area contributed by atoms with Gasteiger partial charge in [0.25, 0.3) is 0 Å². The molecule has 3 heterocycles. The van der Waals surface area contributed by atoms with Gasteiger partial charge in [-0.3, -0.25) is 0 Å². The highest BCUT2D eigenvalue weighted by atomic mass is 16.9. The summed E-state index contributed by atoms with van der Waals surface area (Å²) in [5.74, 6) is -3.69. The molecular formula is C16H22O9. The summed E-state index contributed by atoms with van der Waals surface area (Å²) in [5, 5.41) is 8.53. The average Bonchev–Trinajstić information content (AvgIpc) is 2.96. The lowest BCUT2D eigenvalue weighted by atomic mass is 9.99. The van der Waals surface area contributed by atoms with E-state index in [0.29, 0.717) is 6.08 Å². The number of fused-ring (bicyclic) bond motifs is 3. The van der Waals surface area contributed by atoms with Crippen molar-refractivity contribution in [1.29, 1.82) is 0 Å². The molecule has 3 fully saturated rings. The summed E-state index contributed by atoms with van der Waals surface area (Å²) in [6.45, 7) is 6.98. The van der Waals surface area contributed by atoms with Crippen LogP contribution in [0.2, 0.25) is 0 Å². The summed E-state index contributed by atoms with van der Waals surface area (Å²) in [4.78, 5) is 22.0. The second-order valence-electron chi connectivity index (χ2n) is 7.01. The fraction of sp³-hybridized carbons (Fsp3) is 0.750. The molecule has 1 N–H and O–H groups in total. The number of hydrogen-bond acceptors (Lipinski definition) is 8. The first-order valence-electron chi connectivity index (χ1n) is 8.01. The van der Waals surface area contributed by atoms with E-state index in [1.165, 1.54) is 0 Å². The molecule has 3 saturated heterocycles. The van der Waals surface area contributed by atoms with E-state index in [4.69, 9.17) is 33.5 Å². The van der Waals surface area contributed by atoms with Gasteiger partial charge < -0.3 is 33.5 Å². The van der Waals surface area contributed by atoms with E-state index >= 15 is 0 Å². The molecule has 3 rings (SSSR count). The van der Waals surface area contributed by atoms with Crippen LogP contribution in [0.25, 0.3) is 0 Å². The van der Waals surface area contributed by atoms with E-state index in [1.807, 2.05) is 0 Å². The van der Waals surface area contributed by atoms with Crippen molar-refractivity contribution < 1.29 is 43.1 Å². The molecule has 3 aliphatic rings. The predicted octanol–water partition coefficient (Wildman–Crippen LogP) is 0.567. The Balaban J connectivity index is 1.69. The second kappa shape index (κ2) is 6.33. The summed E-state index contributed by atoms with van der Waals surface area (Å²) in [6.07, 6.45) is -1.17. The Morgan fingerprint density at radius 1 is 0.960 bits per heavy atom. The number of carboxylic acids is 1. The number of esters is 1. The molecule has 0 bridgehead atoms. The van der Waals surface area contributed by atoms with E-state index in [9.17, 15) is 9.59 Å². The molecule has 25 heavy (non-hydrogen) atoms. The summed E-state index contributed by atoms with van der Waals surface area (Å²) >= 11 is 0. The van der Waals surface area contributed by atoms with Crippen LogP contribution in [-0.2, 0) is 38.0 Å². The lowest BCUT2D eigenvalue weighted by Crippen LogP contribution is -2.56. The first-order chi connectivity index (χ1) is 11.6. The molecule has 0 aliphatic carbocycles. The first-order valence-corrected chi connectivity index (χ1v) is 8.01. The van der Waals surface area contributed by atoms with Crippen LogP contribution < -0.4 is 0 Å². The van der Waals surface area contributed by atoms with Crippen LogP contribution in [0.3, 0.4) is 0 Å². The van der Waals surface area contributed by atoms with Crippen molar-refractivity contribution in [3.8, 4) is 0 Å². The van der Waals surface area contributed by atoms with Crippen LogP contribution in [0.1, 0.15) is 27.7 Å². The van der Waals surface area contributed by atoms with Crippen LogP contribution in [-0.4, -0.2) is 65.9 Å². The molecule has 9 heteroatoms. The van der Waals surface area contributed by atoms with Crippen LogP contribution in [0.4, 0.5) is 0 Å². The number of carboxylic acid groups (broad SMARTS) is 1. The molecule has 0 aromatic rings. The minimum absolute atomic E-state index is 0.129. The Morgan fingerprint density at radius 2 is 1.56 bits per heavy atom. The fourth-order valence-electron chi connectivity index (χ4n) is 3.18. The summed E-state index contributed by atoms with van der Waals surface area (Å²) in [6, 6.07) is 0. The van der Waals surface area contributed by atoms with Gasteiger partial charge in [0.2, 0.25) is 0 Å². The zero-order valence-corrected chi connectivity index (χ0v) is 14.5. The van der Waals surface area contributed by atoms with E-state index in [1.54, 1.807) is 27.7 Å². The van der Waals surface area contributed by atoms with Crippen LogP contribution in [0.15, 0.2) is 12.2 Å². The topological polar surface area (TPSA) is 110 Å². The molecule has 0 aromatic carbocycles. The predicted molar refractivity (Wildman–Crippen MR) is 80.3 cm³/mol. The van der Waals surface area contributed by atoms with Crippen molar-refractivity contribution in [3.63, 3.8) is 0 Å². The zero-order chi connectivity index (χ0) is 18.4. The molecular weight excluding hydrogens is 336 g/mol. The number of carbonyl (C=O) groups is 2. The third-order valence-corrected chi connectivity index (χ3v) is 4.00. The third-order valence-electron chi connectivity index (χ3n) is 4.00. The Hall–Kier alpha value is -1.52. The minimum atomic E-state index is -1.23. The minimum Gasteiger partial charge on any atom is -0.478 e. The van der Waals surface area contributed by atoms with Gasteiger partial charge in [-0.15, -0.1) is 0 Å². The van der Waals surface area contributed by atoms with Crippen molar-refractivity contribution >= 4 is 11.9 Å². The highest BCUT2D eigenvalue weighted by molar-refractivity contribution is 5.90. The van der Waals surface area contributed by atoms with Gasteiger partial charge in [0, 0.05) is 12.2 Å². The average molecular weight is 358 g/mol. The smallest absolute Gasteiger partial charge is 0.331 e. The third kappa shape index (κ3) is 4.01. The summed E-state index contributed by atoms with van der Waals surface area (Å²) in [5.41, 5.74) is 0. The number of hydrogen-bond donors (Lipinski definition) is 1. The Morgan fingerprint density at radius 3 is 2.24 bits per heavy atom.